The van der Waals surface area contributed by atoms with E-state index in [4.69, 9.17) is 9.26 Å². The Morgan fingerprint density at radius 2 is 1.80 bits per heavy atom. The molecule has 3 rings (SSSR count). The van der Waals surface area contributed by atoms with Crippen molar-refractivity contribution in [2.24, 2.45) is 5.92 Å². The van der Waals surface area contributed by atoms with Gasteiger partial charge < -0.3 is 14.2 Å². The fraction of sp³-hybridized carbons (Fsp3) is 0.556. The molecule has 1 saturated heterocycles. The molecule has 0 radical (unpaired) electrons. The van der Waals surface area contributed by atoms with Gasteiger partial charge in [-0.05, 0) is 30.2 Å². The Kier molecular flexibility index (Phi) is 5.99. The van der Waals surface area contributed by atoms with Crippen LogP contribution in [0.2, 0.25) is 0 Å². The number of ether oxygens (including phenoxy) is 1. The van der Waals surface area contributed by atoms with Crippen molar-refractivity contribution < 1.29 is 13.7 Å². The van der Waals surface area contributed by atoms with Gasteiger partial charge in [0.2, 0.25) is 11.7 Å². The molecule has 0 amide bonds. The molecule has 1 fully saturated rings. The number of hydrogen-bond donors (Lipinski definition) is 0. The van der Waals surface area contributed by atoms with Crippen LogP contribution in [0.15, 0.2) is 28.8 Å². The maximum atomic E-state index is 12.9. The van der Waals surface area contributed by atoms with Crippen molar-refractivity contribution in [3.05, 3.63) is 41.8 Å². The second kappa shape index (κ2) is 8.40. The Balaban J connectivity index is 1.43. The number of rotatable bonds is 7. The van der Waals surface area contributed by atoms with Crippen LogP contribution >= 0.6 is 0 Å². The van der Waals surface area contributed by atoms with Crippen LogP contribution < -0.4 is 4.74 Å². The number of benzene rings is 1. The molecule has 25 heavy (non-hydrogen) atoms. The van der Waals surface area contributed by atoms with Gasteiger partial charge in [0.05, 0.1) is 6.54 Å². The van der Waals surface area contributed by atoms with Gasteiger partial charge in [0.15, 0.2) is 6.61 Å². The average Bonchev–Trinajstić information content (AvgIpc) is 3.03. The standard InChI is InChI=1S/C18H25FN4O2/c1-14(2)11-22-7-9-23(10-8-22)12-18-20-17(21-25-18)13-24-16-5-3-15(19)4-6-16/h3-6,14H,7-13H2,1-2H3. The minimum atomic E-state index is -0.289. The summed E-state index contributed by atoms with van der Waals surface area (Å²) in [7, 11) is 0. The third kappa shape index (κ3) is 5.51. The Labute approximate surface area is 147 Å². The predicted octanol–water partition coefficient (Wildman–Crippen LogP) is 2.56. The van der Waals surface area contributed by atoms with Crippen LogP contribution in [0, 0.1) is 11.7 Å². The molecular weight excluding hydrogens is 323 g/mol. The number of nitrogens with zero attached hydrogens (tertiary/aromatic N) is 4. The summed E-state index contributed by atoms with van der Waals surface area (Å²) >= 11 is 0. The molecule has 2 aromatic rings. The lowest BCUT2D eigenvalue weighted by Gasteiger charge is -2.34. The molecule has 0 unspecified atom stereocenters. The zero-order chi connectivity index (χ0) is 17.6. The third-order valence-corrected chi connectivity index (χ3v) is 4.14. The minimum absolute atomic E-state index is 0.206. The quantitative estimate of drug-likeness (QED) is 0.766. The highest BCUT2D eigenvalue weighted by Gasteiger charge is 2.19. The van der Waals surface area contributed by atoms with E-state index in [2.05, 4.69) is 33.8 Å². The van der Waals surface area contributed by atoms with Gasteiger partial charge in [0, 0.05) is 32.7 Å². The van der Waals surface area contributed by atoms with E-state index < -0.39 is 0 Å². The first kappa shape index (κ1) is 17.8. The zero-order valence-electron chi connectivity index (χ0n) is 14.8. The molecule has 0 saturated carbocycles. The second-order valence-electron chi connectivity index (χ2n) is 6.82. The number of aromatic nitrogens is 2. The van der Waals surface area contributed by atoms with E-state index in [1.807, 2.05) is 0 Å². The van der Waals surface area contributed by atoms with E-state index in [0.29, 0.717) is 29.9 Å². The molecule has 2 heterocycles. The summed E-state index contributed by atoms with van der Waals surface area (Å²) in [6, 6.07) is 5.87. The van der Waals surface area contributed by atoms with E-state index in [9.17, 15) is 4.39 Å². The van der Waals surface area contributed by atoms with Gasteiger partial charge in [0.25, 0.3) is 0 Å². The van der Waals surface area contributed by atoms with Crippen molar-refractivity contribution in [1.82, 2.24) is 19.9 Å². The zero-order valence-corrected chi connectivity index (χ0v) is 14.8. The van der Waals surface area contributed by atoms with Crippen LogP contribution in [-0.2, 0) is 13.2 Å². The Morgan fingerprint density at radius 1 is 1.12 bits per heavy atom. The van der Waals surface area contributed by atoms with Crippen molar-refractivity contribution in [2.75, 3.05) is 32.7 Å². The molecule has 0 atom stereocenters. The Bertz CT molecular complexity index is 651. The first-order chi connectivity index (χ1) is 12.1. The van der Waals surface area contributed by atoms with E-state index in [1.54, 1.807) is 12.1 Å². The van der Waals surface area contributed by atoms with Crippen LogP contribution in [0.25, 0.3) is 0 Å². The molecule has 1 aliphatic rings. The molecule has 1 aromatic heterocycles. The molecule has 7 heteroatoms. The average molecular weight is 348 g/mol. The number of hydrogen-bond acceptors (Lipinski definition) is 6. The summed E-state index contributed by atoms with van der Waals surface area (Å²) in [6.07, 6.45) is 0. The molecule has 0 aliphatic carbocycles. The van der Waals surface area contributed by atoms with E-state index in [-0.39, 0.29) is 12.4 Å². The maximum Gasteiger partial charge on any atom is 0.240 e. The van der Waals surface area contributed by atoms with Gasteiger partial charge in [-0.3, -0.25) is 4.90 Å². The first-order valence-corrected chi connectivity index (χ1v) is 8.73. The van der Waals surface area contributed by atoms with Crippen molar-refractivity contribution in [1.29, 1.82) is 0 Å². The highest BCUT2D eigenvalue weighted by Crippen LogP contribution is 2.13. The number of halogens is 1. The summed E-state index contributed by atoms with van der Waals surface area (Å²) < 4.78 is 23.7. The van der Waals surface area contributed by atoms with Crippen molar-refractivity contribution in [3.63, 3.8) is 0 Å². The summed E-state index contributed by atoms with van der Waals surface area (Å²) in [5, 5.41) is 3.95. The van der Waals surface area contributed by atoms with Crippen LogP contribution in [0.4, 0.5) is 4.39 Å². The molecule has 1 aliphatic heterocycles. The summed E-state index contributed by atoms with van der Waals surface area (Å²) in [4.78, 5) is 9.20. The smallest absolute Gasteiger partial charge is 0.240 e. The molecule has 0 bridgehead atoms. The predicted molar refractivity (Wildman–Crippen MR) is 91.6 cm³/mol. The van der Waals surface area contributed by atoms with Gasteiger partial charge in [-0.25, -0.2) is 4.39 Å². The lowest BCUT2D eigenvalue weighted by atomic mass is 10.2. The Morgan fingerprint density at radius 3 is 2.48 bits per heavy atom. The monoisotopic (exact) mass is 348 g/mol. The van der Waals surface area contributed by atoms with Crippen LogP contribution in [0.5, 0.6) is 5.75 Å². The van der Waals surface area contributed by atoms with E-state index >= 15 is 0 Å². The molecule has 0 N–H and O–H groups in total. The van der Waals surface area contributed by atoms with Gasteiger partial charge in [-0.15, -0.1) is 0 Å². The topological polar surface area (TPSA) is 54.6 Å². The van der Waals surface area contributed by atoms with Crippen LogP contribution in [-0.4, -0.2) is 52.7 Å². The first-order valence-electron chi connectivity index (χ1n) is 8.73. The van der Waals surface area contributed by atoms with Crippen LogP contribution in [0.1, 0.15) is 25.6 Å². The fourth-order valence-corrected chi connectivity index (χ4v) is 2.93. The van der Waals surface area contributed by atoms with Gasteiger partial charge in [-0.1, -0.05) is 19.0 Å². The lowest BCUT2D eigenvalue weighted by molar-refractivity contribution is 0.108. The van der Waals surface area contributed by atoms with Crippen molar-refractivity contribution in [2.45, 2.75) is 27.0 Å². The fourth-order valence-electron chi connectivity index (χ4n) is 2.93. The summed E-state index contributed by atoms with van der Waals surface area (Å²) in [5.74, 6) is 2.09. The largest absolute Gasteiger partial charge is 0.485 e. The van der Waals surface area contributed by atoms with Crippen LogP contribution in [0.3, 0.4) is 0 Å². The lowest BCUT2D eigenvalue weighted by Crippen LogP contribution is -2.46. The number of piperazine rings is 1. The SMILES string of the molecule is CC(C)CN1CCN(Cc2nc(COc3ccc(F)cc3)no2)CC1. The molecular formula is C18H25FN4O2. The Hall–Kier alpha value is -1.99. The van der Waals surface area contributed by atoms with Crippen molar-refractivity contribution >= 4 is 0 Å². The molecule has 136 valence electrons. The molecule has 6 nitrogen and oxygen atoms in total. The van der Waals surface area contributed by atoms with Gasteiger partial charge in [0.1, 0.15) is 11.6 Å². The highest BCUT2D eigenvalue weighted by atomic mass is 19.1. The maximum absolute atomic E-state index is 12.9. The molecule has 0 spiro atoms. The van der Waals surface area contributed by atoms with Gasteiger partial charge in [-0.2, -0.15) is 4.98 Å². The van der Waals surface area contributed by atoms with E-state index in [1.165, 1.54) is 12.1 Å². The summed E-state index contributed by atoms with van der Waals surface area (Å²) in [6.45, 7) is 10.7. The molecule has 1 aromatic carbocycles. The van der Waals surface area contributed by atoms with Gasteiger partial charge >= 0.3 is 0 Å². The van der Waals surface area contributed by atoms with E-state index in [0.717, 1.165) is 32.7 Å². The minimum Gasteiger partial charge on any atom is -0.485 e. The van der Waals surface area contributed by atoms with Crippen molar-refractivity contribution in [3.8, 4) is 5.75 Å². The second-order valence-corrected chi connectivity index (χ2v) is 6.82. The normalized spacial score (nSPS) is 16.5. The highest BCUT2D eigenvalue weighted by molar-refractivity contribution is 5.22. The third-order valence-electron chi connectivity index (χ3n) is 4.14. The summed E-state index contributed by atoms with van der Waals surface area (Å²) in [5.41, 5.74) is 0.